The van der Waals surface area contributed by atoms with E-state index in [1.54, 1.807) is 24.3 Å². The van der Waals surface area contributed by atoms with Gasteiger partial charge in [-0.2, -0.15) is 0 Å². The van der Waals surface area contributed by atoms with Crippen molar-refractivity contribution in [2.24, 2.45) is 0 Å². The lowest BCUT2D eigenvalue weighted by molar-refractivity contribution is -0.114. The number of benzene rings is 1. The SMILES string of the molecule is CC(C)=O.COC(=O)c1ccc(C#CBr)cc1. The van der Waals surface area contributed by atoms with Crippen molar-refractivity contribution in [2.45, 2.75) is 13.8 Å². The maximum atomic E-state index is 11.0. The van der Waals surface area contributed by atoms with Crippen molar-refractivity contribution in [1.82, 2.24) is 0 Å². The Bertz CT molecular complexity index is 434. The van der Waals surface area contributed by atoms with E-state index < -0.39 is 0 Å². The van der Waals surface area contributed by atoms with Crippen molar-refractivity contribution >= 4 is 27.7 Å². The maximum Gasteiger partial charge on any atom is 0.337 e. The van der Waals surface area contributed by atoms with Crippen molar-refractivity contribution in [2.75, 3.05) is 7.11 Å². The van der Waals surface area contributed by atoms with Crippen molar-refractivity contribution in [3.05, 3.63) is 35.4 Å². The lowest BCUT2D eigenvalue weighted by Gasteiger charge is -1.97. The average molecular weight is 297 g/mol. The van der Waals surface area contributed by atoms with Gasteiger partial charge in [0.2, 0.25) is 0 Å². The summed E-state index contributed by atoms with van der Waals surface area (Å²) in [6.07, 6.45) is 0. The highest BCUT2D eigenvalue weighted by Crippen LogP contribution is 2.04. The first-order valence-electron chi connectivity index (χ1n) is 4.78. The molecule has 0 saturated carbocycles. The molecule has 4 heteroatoms. The van der Waals surface area contributed by atoms with E-state index >= 15 is 0 Å². The number of hydrogen-bond donors (Lipinski definition) is 0. The zero-order valence-electron chi connectivity index (χ0n) is 9.91. The third-order valence-electron chi connectivity index (χ3n) is 1.50. The van der Waals surface area contributed by atoms with Crippen LogP contribution >= 0.6 is 15.9 Å². The summed E-state index contributed by atoms with van der Waals surface area (Å²) < 4.78 is 4.55. The molecule has 17 heavy (non-hydrogen) atoms. The summed E-state index contributed by atoms with van der Waals surface area (Å²) in [5.74, 6) is 2.64. The average Bonchev–Trinajstić information content (AvgIpc) is 2.29. The van der Waals surface area contributed by atoms with Gasteiger partial charge in [-0.3, -0.25) is 0 Å². The fraction of sp³-hybridized carbons (Fsp3) is 0.231. The molecule has 1 aromatic rings. The zero-order valence-corrected chi connectivity index (χ0v) is 11.5. The second-order valence-corrected chi connectivity index (χ2v) is 3.59. The lowest BCUT2D eigenvalue weighted by Crippen LogP contribution is -2.00. The van der Waals surface area contributed by atoms with Gasteiger partial charge in [0.05, 0.1) is 12.7 Å². The van der Waals surface area contributed by atoms with E-state index in [1.807, 2.05) is 0 Å². The predicted octanol–water partition coefficient (Wildman–Crippen LogP) is 2.77. The predicted molar refractivity (Wildman–Crippen MR) is 69.9 cm³/mol. The van der Waals surface area contributed by atoms with E-state index in [0.717, 1.165) is 5.56 Å². The molecule has 0 aliphatic carbocycles. The Hall–Kier alpha value is -1.60. The fourth-order valence-corrected chi connectivity index (χ4v) is 1.09. The minimum Gasteiger partial charge on any atom is -0.465 e. The van der Waals surface area contributed by atoms with Crippen molar-refractivity contribution in [3.63, 3.8) is 0 Å². The Morgan fingerprint density at radius 3 is 2.00 bits per heavy atom. The van der Waals surface area contributed by atoms with Gasteiger partial charge in [-0.25, -0.2) is 4.79 Å². The van der Waals surface area contributed by atoms with E-state index in [0.29, 0.717) is 5.56 Å². The fourth-order valence-electron chi connectivity index (χ4n) is 0.862. The molecule has 1 rings (SSSR count). The molecule has 0 amide bonds. The number of methoxy groups -OCH3 is 1. The third kappa shape index (κ3) is 7.31. The van der Waals surface area contributed by atoms with Gasteiger partial charge < -0.3 is 9.53 Å². The van der Waals surface area contributed by atoms with Crippen LogP contribution in [-0.4, -0.2) is 18.9 Å². The van der Waals surface area contributed by atoms with Crippen LogP contribution in [0.4, 0.5) is 0 Å². The van der Waals surface area contributed by atoms with Gasteiger partial charge in [0.15, 0.2) is 0 Å². The standard InChI is InChI=1S/C10H7BrO2.C3H6O/c1-13-10(12)9-4-2-8(3-5-9)6-7-11;1-3(2)4/h2-5H,1H3;1-2H3. The minimum atomic E-state index is -0.335. The van der Waals surface area contributed by atoms with Gasteiger partial charge in [0.25, 0.3) is 0 Å². The molecular formula is C13H13BrO3. The number of carbonyl (C=O) groups excluding carboxylic acids is 2. The summed E-state index contributed by atoms with van der Waals surface area (Å²) in [6.45, 7) is 3.06. The topological polar surface area (TPSA) is 43.4 Å². The van der Waals surface area contributed by atoms with Crippen LogP contribution in [0.25, 0.3) is 0 Å². The second-order valence-electron chi connectivity index (χ2n) is 3.20. The van der Waals surface area contributed by atoms with E-state index in [4.69, 9.17) is 0 Å². The van der Waals surface area contributed by atoms with E-state index in [2.05, 4.69) is 31.4 Å². The van der Waals surface area contributed by atoms with E-state index in [1.165, 1.54) is 21.0 Å². The van der Waals surface area contributed by atoms with Crippen LogP contribution in [0.2, 0.25) is 0 Å². The van der Waals surface area contributed by atoms with Gasteiger partial charge in [-0.1, -0.05) is 5.92 Å². The van der Waals surface area contributed by atoms with Crippen molar-refractivity contribution in [1.29, 1.82) is 0 Å². The Morgan fingerprint density at radius 2 is 1.65 bits per heavy atom. The van der Waals surface area contributed by atoms with Gasteiger partial charge in [-0.05, 0) is 42.9 Å². The van der Waals surface area contributed by atoms with E-state index in [9.17, 15) is 9.59 Å². The number of hydrogen-bond acceptors (Lipinski definition) is 3. The van der Waals surface area contributed by atoms with Crippen LogP contribution in [-0.2, 0) is 9.53 Å². The molecule has 0 radical (unpaired) electrons. The molecule has 0 unspecified atom stereocenters. The molecule has 0 aliphatic rings. The molecule has 0 fully saturated rings. The van der Waals surface area contributed by atoms with Gasteiger partial charge in [0.1, 0.15) is 5.78 Å². The van der Waals surface area contributed by atoms with Crippen LogP contribution in [0.1, 0.15) is 29.8 Å². The summed E-state index contributed by atoms with van der Waals surface area (Å²) in [4.78, 5) is 23.1. The monoisotopic (exact) mass is 296 g/mol. The number of ether oxygens (including phenoxy) is 1. The Balaban J connectivity index is 0.000000557. The summed E-state index contributed by atoms with van der Waals surface area (Å²) in [5, 5.41) is 0. The largest absolute Gasteiger partial charge is 0.465 e. The van der Waals surface area contributed by atoms with Gasteiger partial charge in [-0.15, -0.1) is 0 Å². The molecule has 0 heterocycles. The van der Waals surface area contributed by atoms with Gasteiger partial charge in [0, 0.05) is 21.5 Å². The number of carbonyl (C=O) groups is 2. The first-order valence-corrected chi connectivity index (χ1v) is 5.57. The smallest absolute Gasteiger partial charge is 0.337 e. The first-order chi connectivity index (χ1) is 8.01. The lowest BCUT2D eigenvalue weighted by atomic mass is 10.1. The highest BCUT2D eigenvalue weighted by atomic mass is 79.9. The number of ketones is 1. The Morgan fingerprint density at radius 1 is 1.18 bits per heavy atom. The molecule has 1 aromatic carbocycles. The molecule has 0 N–H and O–H groups in total. The van der Waals surface area contributed by atoms with Crippen molar-refractivity contribution in [3.8, 4) is 10.8 Å². The van der Waals surface area contributed by atoms with Crippen LogP contribution < -0.4 is 0 Å². The third-order valence-corrected chi connectivity index (χ3v) is 1.70. The summed E-state index contributed by atoms with van der Waals surface area (Å²) in [5.41, 5.74) is 1.38. The molecule has 0 saturated heterocycles. The molecule has 0 aromatic heterocycles. The second kappa shape index (κ2) is 8.54. The molecule has 3 nitrogen and oxygen atoms in total. The van der Waals surface area contributed by atoms with Gasteiger partial charge >= 0.3 is 5.97 Å². The van der Waals surface area contributed by atoms with Crippen LogP contribution in [0.5, 0.6) is 0 Å². The summed E-state index contributed by atoms with van der Waals surface area (Å²) >= 11 is 2.99. The molecule has 0 bridgehead atoms. The van der Waals surface area contributed by atoms with E-state index in [-0.39, 0.29) is 11.8 Å². The quantitative estimate of drug-likeness (QED) is 0.591. The normalized spacial score (nSPS) is 8.00. The van der Waals surface area contributed by atoms with Crippen LogP contribution in [0.3, 0.4) is 0 Å². The zero-order chi connectivity index (χ0) is 13.3. The molecule has 0 aliphatic heterocycles. The molecule has 0 atom stereocenters. The van der Waals surface area contributed by atoms with Crippen LogP contribution in [0.15, 0.2) is 24.3 Å². The molecular weight excluding hydrogens is 284 g/mol. The number of Topliss-reactive ketones (excluding diaryl/α,β-unsaturated/α-hetero) is 1. The molecule has 90 valence electrons. The number of halogens is 1. The molecule has 0 spiro atoms. The van der Waals surface area contributed by atoms with Crippen LogP contribution in [0, 0.1) is 10.8 Å². The first kappa shape index (κ1) is 15.4. The highest BCUT2D eigenvalue weighted by molar-refractivity contribution is 9.12. The Kier molecular flexibility index (Phi) is 7.74. The maximum absolute atomic E-state index is 11.0. The highest BCUT2D eigenvalue weighted by Gasteiger charge is 2.02. The summed E-state index contributed by atoms with van der Waals surface area (Å²) in [6, 6.07) is 6.89. The summed E-state index contributed by atoms with van der Waals surface area (Å²) in [7, 11) is 1.36. The van der Waals surface area contributed by atoms with Crippen molar-refractivity contribution < 1.29 is 14.3 Å². The number of esters is 1. The number of rotatable bonds is 1. The minimum absolute atomic E-state index is 0.167. The Labute approximate surface area is 109 Å².